The average Bonchev–Trinajstić information content (AvgIpc) is 1.65. The zero-order valence-electron chi connectivity index (χ0n) is 4.07. The monoisotopic (exact) mass is 135 g/mol. The van der Waals surface area contributed by atoms with Crippen LogP contribution in [-0.4, -0.2) is 21.2 Å². The van der Waals surface area contributed by atoms with E-state index in [1.807, 2.05) is 0 Å². The molecule has 0 bridgehead atoms. The highest BCUT2D eigenvalue weighted by Gasteiger charge is 2.09. The van der Waals surface area contributed by atoms with Gasteiger partial charge in [0, 0.05) is 12.6 Å². The highest BCUT2D eigenvalue weighted by Crippen LogP contribution is 1.99. The van der Waals surface area contributed by atoms with Crippen molar-refractivity contribution in [1.82, 2.24) is 0 Å². The first-order valence-corrected chi connectivity index (χ1v) is 3.50. The number of rotatable bonds is 0. The highest BCUT2D eigenvalue weighted by atomic mass is 32.2. The van der Waals surface area contributed by atoms with Crippen LogP contribution in [0.25, 0.3) is 0 Å². The van der Waals surface area contributed by atoms with Crippen molar-refractivity contribution in [2.45, 2.75) is 6.42 Å². The van der Waals surface area contributed by atoms with Gasteiger partial charge < -0.3 is 0 Å². The minimum Gasteiger partial charge on any atom is -0.252 e. The molecule has 0 aromatic carbocycles. The molecule has 0 unspecified atom stereocenters. The summed E-state index contributed by atoms with van der Waals surface area (Å²) < 4.78 is 27.8. The summed E-state index contributed by atoms with van der Waals surface area (Å²) in [5.74, 6) is 0. The molecule has 0 saturated carbocycles. The molecule has 0 amide bonds. The van der Waals surface area contributed by atoms with Crippen LogP contribution < -0.4 is 0 Å². The molecule has 0 saturated heterocycles. The summed E-state index contributed by atoms with van der Waals surface area (Å²) in [6.07, 6.45) is 1.91. The maximum absolute atomic E-state index is 10.2. The van der Waals surface area contributed by atoms with Crippen molar-refractivity contribution in [3.63, 3.8) is 0 Å². The van der Waals surface area contributed by atoms with E-state index < -0.39 is 10.3 Å². The van der Waals surface area contributed by atoms with E-state index in [0.29, 0.717) is 6.42 Å². The van der Waals surface area contributed by atoms with Crippen molar-refractivity contribution >= 4 is 16.5 Å². The third-order valence-corrected chi connectivity index (χ3v) is 1.55. The second kappa shape index (κ2) is 1.83. The lowest BCUT2D eigenvalue weighted by Gasteiger charge is -2.01. The number of nitrogens with zero attached hydrogens (tertiary/aromatic N) is 1. The van der Waals surface area contributed by atoms with E-state index in [2.05, 4.69) is 8.58 Å². The molecule has 0 aromatic heterocycles. The molecule has 0 spiro atoms. The lowest BCUT2D eigenvalue weighted by molar-refractivity contribution is 0.325. The van der Waals surface area contributed by atoms with E-state index in [0.717, 1.165) is 0 Å². The Labute approximate surface area is 47.4 Å². The maximum atomic E-state index is 10.2. The minimum atomic E-state index is -3.51. The summed E-state index contributed by atoms with van der Waals surface area (Å²) in [6.45, 7) is 0.228. The normalized spacial score (nSPS) is 25.5. The lowest BCUT2D eigenvalue weighted by Crippen LogP contribution is -2.09. The van der Waals surface area contributed by atoms with Gasteiger partial charge in [-0.25, -0.2) is 0 Å². The fourth-order valence-electron chi connectivity index (χ4n) is 0.381. The summed E-state index contributed by atoms with van der Waals surface area (Å²) in [5.41, 5.74) is 0. The molecule has 0 atom stereocenters. The molecule has 1 aliphatic heterocycles. The lowest BCUT2D eigenvalue weighted by atomic mass is 10.5. The van der Waals surface area contributed by atoms with Crippen LogP contribution in [0.5, 0.6) is 0 Å². The van der Waals surface area contributed by atoms with Gasteiger partial charge in [-0.2, -0.15) is 12.8 Å². The van der Waals surface area contributed by atoms with Gasteiger partial charge in [-0.05, 0) is 0 Å². The molecule has 0 N–H and O–H groups in total. The fourth-order valence-corrected chi connectivity index (χ4v) is 1.04. The Morgan fingerprint density at radius 3 is 2.62 bits per heavy atom. The molecule has 0 aliphatic carbocycles. The third-order valence-electron chi connectivity index (χ3n) is 0.683. The topological polar surface area (TPSA) is 55.7 Å². The molecule has 46 valence electrons. The first kappa shape index (κ1) is 5.71. The summed E-state index contributed by atoms with van der Waals surface area (Å²) in [4.78, 5) is 0. The van der Waals surface area contributed by atoms with Gasteiger partial charge in [0.05, 0.1) is 6.61 Å². The van der Waals surface area contributed by atoms with E-state index in [1.54, 1.807) is 0 Å². The fraction of sp³-hybridized carbons (Fsp3) is 0.667. The summed E-state index contributed by atoms with van der Waals surface area (Å²) in [7, 11) is -3.51. The zero-order valence-corrected chi connectivity index (χ0v) is 4.89. The standard InChI is InChI=1S/C3H5NO3S/c5-8(6)4-2-1-3-7-8/h2H,1,3H2. The van der Waals surface area contributed by atoms with Gasteiger partial charge in [0.15, 0.2) is 0 Å². The average molecular weight is 135 g/mol. The predicted octanol–water partition coefficient (Wildman–Crippen LogP) is -0.278. The SMILES string of the molecule is O=S1(=O)N=CCCO1. The van der Waals surface area contributed by atoms with Gasteiger partial charge in [-0.15, -0.1) is 0 Å². The minimum absolute atomic E-state index is 0.228. The van der Waals surface area contributed by atoms with Crippen molar-refractivity contribution in [3.8, 4) is 0 Å². The van der Waals surface area contributed by atoms with Crippen molar-refractivity contribution in [2.24, 2.45) is 4.40 Å². The quantitative estimate of drug-likeness (QED) is 0.459. The molecular formula is C3H5NO3S. The first-order valence-electron chi connectivity index (χ1n) is 2.14. The maximum Gasteiger partial charge on any atom is 0.380 e. The van der Waals surface area contributed by atoms with Crippen molar-refractivity contribution in [2.75, 3.05) is 6.61 Å². The van der Waals surface area contributed by atoms with Crippen LogP contribution >= 0.6 is 0 Å². The molecule has 1 rings (SSSR count). The van der Waals surface area contributed by atoms with Gasteiger partial charge in [0.1, 0.15) is 0 Å². The second-order valence-electron chi connectivity index (χ2n) is 1.33. The van der Waals surface area contributed by atoms with Gasteiger partial charge >= 0.3 is 10.3 Å². The number of hydrogen-bond donors (Lipinski definition) is 0. The van der Waals surface area contributed by atoms with Gasteiger partial charge in [0.25, 0.3) is 0 Å². The Kier molecular flexibility index (Phi) is 1.31. The van der Waals surface area contributed by atoms with Crippen LogP contribution in [0, 0.1) is 0 Å². The van der Waals surface area contributed by atoms with Crippen LogP contribution in [0.4, 0.5) is 0 Å². The summed E-state index contributed by atoms with van der Waals surface area (Å²) in [5, 5.41) is 0. The van der Waals surface area contributed by atoms with Crippen LogP contribution in [0.2, 0.25) is 0 Å². The van der Waals surface area contributed by atoms with Gasteiger partial charge in [-0.1, -0.05) is 0 Å². The Bertz CT molecular complexity index is 193. The van der Waals surface area contributed by atoms with Crippen LogP contribution in [0.15, 0.2) is 4.40 Å². The smallest absolute Gasteiger partial charge is 0.252 e. The molecule has 0 fully saturated rings. The molecule has 1 aliphatic rings. The molecule has 4 nitrogen and oxygen atoms in total. The molecule has 5 heteroatoms. The Hall–Kier alpha value is -0.420. The van der Waals surface area contributed by atoms with E-state index in [1.165, 1.54) is 6.21 Å². The molecular weight excluding hydrogens is 130 g/mol. The van der Waals surface area contributed by atoms with Gasteiger partial charge in [0.2, 0.25) is 0 Å². The van der Waals surface area contributed by atoms with E-state index >= 15 is 0 Å². The zero-order chi connectivity index (χ0) is 6.04. The second-order valence-corrected chi connectivity index (χ2v) is 2.63. The van der Waals surface area contributed by atoms with E-state index in [4.69, 9.17) is 0 Å². The molecule has 1 heterocycles. The summed E-state index contributed by atoms with van der Waals surface area (Å²) >= 11 is 0. The van der Waals surface area contributed by atoms with E-state index in [9.17, 15) is 8.42 Å². The van der Waals surface area contributed by atoms with Crippen molar-refractivity contribution in [1.29, 1.82) is 0 Å². The van der Waals surface area contributed by atoms with E-state index in [-0.39, 0.29) is 6.61 Å². The van der Waals surface area contributed by atoms with Crippen molar-refractivity contribution in [3.05, 3.63) is 0 Å². The number of hydrogen-bond acceptors (Lipinski definition) is 3. The Morgan fingerprint density at radius 2 is 2.38 bits per heavy atom. The van der Waals surface area contributed by atoms with Crippen LogP contribution in [0.1, 0.15) is 6.42 Å². The molecule has 8 heavy (non-hydrogen) atoms. The largest absolute Gasteiger partial charge is 0.380 e. The predicted molar refractivity (Wildman–Crippen MR) is 28.0 cm³/mol. The van der Waals surface area contributed by atoms with Crippen molar-refractivity contribution < 1.29 is 12.6 Å². The third kappa shape index (κ3) is 1.28. The Balaban J connectivity index is 2.87. The molecule has 0 aromatic rings. The Morgan fingerprint density at radius 1 is 1.62 bits per heavy atom. The highest BCUT2D eigenvalue weighted by molar-refractivity contribution is 7.85. The van der Waals surface area contributed by atoms with Crippen LogP contribution in [0.3, 0.4) is 0 Å². The van der Waals surface area contributed by atoms with Gasteiger partial charge in [-0.3, -0.25) is 4.18 Å². The van der Waals surface area contributed by atoms with Crippen LogP contribution in [-0.2, 0) is 14.5 Å². The first-order chi connectivity index (χ1) is 3.71. The molecule has 0 radical (unpaired) electrons. The summed E-state index contributed by atoms with van der Waals surface area (Å²) in [6, 6.07) is 0.